The summed E-state index contributed by atoms with van der Waals surface area (Å²) < 4.78 is 5.03. The summed E-state index contributed by atoms with van der Waals surface area (Å²) in [6.07, 6.45) is 3.97. The van der Waals surface area contributed by atoms with Crippen molar-refractivity contribution in [3.8, 4) is 5.88 Å². The molecule has 1 heterocycles. The van der Waals surface area contributed by atoms with Gasteiger partial charge in [0.25, 0.3) is 0 Å². The second kappa shape index (κ2) is 7.06. The topological polar surface area (TPSA) is 42.4 Å². The van der Waals surface area contributed by atoms with E-state index in [0.29, 0.717) is 12.3 Å². The Balaban J connectivity index is 2.06. The minimum atomic E-state index is -0.498. The van der Waals surface area contributed by atoms with E-state index in [0.717, 1.165) is 24.0 Å². The molecule has 106 valence electrons. The lowest BCUT2D eigenvalue weighted by molar-refractivity contribution is 0.178. The molecule has 1 aromatic carbocycles. The van der Waals surface area contributed by atoms with E-state index in [1.54, 1.807) is 13.3 Å². The molecule has 0 saturated heterocycles. The molecular weight excluding hydrogens is 250 g/mol. The first kappa shape index (κ1) is 14.5. The van der Waals surface area contributed by atoms with Gasteiger partial charge in [-0.2, -0.15) is 0 Å². The SMILES string of the molecule is CCCc1cccc(C(O)Cc2ccc(OC)nc2)c1. The maximum atomic E-state index is 10.3. The molecule has 0 aliphatic rings. The molecule has 0 bridgehead atoms. The summed E-state index contributed by atoms with van der Waals surface area (Å²) in [7, 11) is 1.59. The summed E-state index contributed by atoms with van der Waals surface area (Å²) >= 11 is 0. The van der Waals surface area contributed by atoms with Gasteiger partial charge >= 0.3 is 0 Å². The van der Waals surface area contributed by atoms with Gasteiger partial charge in [0.2, 0.25) is 5.88 Å². The van der Waals surface area contributed by atoms with E-state index >= 15 is 0 Å². The highest BCUT2D eigenvalue weighted by atomic mass is 16.5. The van der Waals surface area contributed by atoms with Crippen molar-refractivity contribution in [1.29, 1.82) is 0 Å². The van der Waals surface area contributed by atoms with Gasteiger partial charge in [-0.3, -0.25) is 0 Å². The number of aliphatic hydroxyl groups is 1. The molecule has 1 unspecified atom stereocenters. The van der Waals surface area contributed by atoms with Crippen molar-refractivity contribution in [2.45, 2.75) is 32.3 Å². The quantitative estimate of drug-likeness (QED) is 0.876. The molecule has 0 spiro atoms. The first-order valence-electron chi connectivity index (χ1n) is 6.98. The summed E-state index contributed by atoms with van der Waals surface area (Å²) in [5.74, 6) is 0.591. The zero-order valence-corrected chi connectivity index (χ0v) is 12.0. The highest BCUT2D eigenvalue weighted by Gasteiger charge is 2.09. The Kier molecular flexibility index (Phi) is 5.13. The smallest absolute Gasteiger partial charge is 0.212 e. The number of aryl methyl sites for hydroxylation is 1. The number of methoxy groups -OCH3 is 1. The Hall–Kier alpha value is -1.87. The number of aliphatic hydroxyl groups excluding tert-OH is 1. The molecule has 0 aliphatic carbocycles. The van der Waals surface area contributed by atoms with Crippen molar-refractivity contribution in [2.75, 3.05) is 7.11 Å². The van der Waals surface area contributed by atoms with Crippen LogP contribution in [0.5, 0.6) is 5.88 Å². The fourth-order valence-corrected chi connectivity index (χ4v) is 2.24. The lowest BCUT2D eigenvalue weighted by Crippen LogP contribution is -2.03. The fraction of sp³-hybridized carbons (Fsp3) is 0.353. The number of hydrogen-bond acceptors (Lipinski definition) is 3. The minimum absolute atomic E-state index is 0.498. The second-order valence-corrected chi connectivity index (χ2v) is 4.92. The maximum absolute atomic E-state index is 10.3. The van der Waals surface area contributed by atoms with Crippen molar-refractivity contribution in [3.05, 3.63) is 59.3 Å². The molecule has 2 aromatic rings. The molecule has 1 atom stereocenters. The summed E-state index contributed by atoms with van der Waals surface area (Å²) in [5.41, 5.74) is 3.24. The van der Waals surface area contributed by atoms with E-state index in [-0.39, 0.29) is 0 Å². The van der Waals surface area contributed by atoms with Crippen molar-refractivity contribution in [3.63, 3.8) is 0 Å². The van der Waals surface area contributed by atoms with Crippen LogP contribution in [-0.2, 0) is 12.8 Å². The van der Waals surface area contributed by atoms with Gasteiger partial charge in [0.1, 0.15) is 0 Å². The molecule has 0 aliphatic heterocycles. The standard InChI is InChI=1S/C17H21NO2/c1-3-5-13-6-4-7-15(10-13)16(19)11-14-8-9-17(20-2)18-12-14/h4,6-10,12,16,19H,3,5,11H2,1-2H3. The number of ether oxygens (including phenoxy) is 1. The van der Waals surface area contributed by atoms with E-state index < -0.39 is 6.10 Å². The monoisotopic (exact) mass is 271 g/mol. The molecule has 2 rings (SSSR count). The van der Waals surface area contributed by atoms with Gasteiger partial charge in [0.05, 0.1) is 13.2 Å². The van der Waals surface area contributed by atoms with Crippen LogP contribution < -0.4 is 4.74 Å². The third kappa shape index (κ3) is 3.81. The zero-order chi connectivity index (χ0) is 14.4. The van der Waals surface area contributed by atoms with E-state index in [1.807, 2.05) is 24.3 Å². The number of hydrogen-bond donors (Lipinski definition) is 1. The van der Waals surface area contributed by atoms with Crippen LogP contribution in [0, 0.1) is 0 Å². The molecular formula is C17H21NO2. The average Bonchev–Trinajstić information content (AvgIpc) is 2.48. The molecule has 3 nitrogen and oxygen atoms in total. The lowest BCUT2D eigenvalue weighted by atomic mass is 9.99. The number of nitrogens with zero attached hydrogens (tertiary/aromatic N) is 1. The summed E-state index contributed by atoms with van der Waals surface area (Å²) in [6.45, 7) is 2.16. The van der Waals surface area contributed by atoms with E-state index in [2.05, 4.69) is 24.0 Å². The van der Waals surface area contributed by atoms with E-state index in [9.17, 15) is 5.11 Å². The fourth-order valence-electron chi connectivity index (χ4n) is 2.24. The van der Waals surface area contributed by atoms with Crippen LogP contribution in [0.4, 0.5) is 0 Å². The lowest BCUT2D eigenvalue weighted by Gasteiger charge is -2.12. The largest absolute Gasteiger partial charge is 0.481 e. The van der Waals surface area contributed by atoms with Crippen molar-refractivity contribution >= 4 is 0 Å². The van der Waals surface area contributed by atoms with Crippen molar-refractivity contribution in [2.24, 2.45) is 0 Å². The summed E-state index contributed by atoms with van der Waals surface area (Å²) in [4.78, 5) is 4.16. The summed E-state index contributed by atoms with van der Waals surface area (Å²) in [6, 6.07) is 11.9. The second-order valence-electron chi connectivity index (χ2n) is 4.92. The van der Waals surface area contributed by atoms with Gasteiger partial charge in [-0.1, -0.05) is 43.7 Å². The summed E-state index contributed by atoms with van der Waals surface area (Å²) in [5, 5.41) is 10.3. The molecule has 0 radical (unpaired) electrons. The van der Waals surface area contributed by atoms with Crippen LogP contribution in [0.3, 0.4) is 0 Å². The highest BCUT2D eigenvalue weighted by molar-refractivity contribution is 5.27. The van der Waals surface area contributed by atoms with Gasteiger partial charge < -0.3 is 9.84 Å². The molecule has 1 N–H and O–H groups in total. The molecule has 0 amide bonds. The molecule has 3 heteroatoms. The third-order valence-corrected chi connectivity index (χ3v) is 3.31. The Morgan fingerprint density at radius 2 is 2.05 bits per heavy atom. The number of benzene rings is 1. The Labute approximate surface area is 120 Å². The van der Waals surface area contributed by atoms with Crippen molar-refractivity contribution < 1.29 is 9.84 Å². The maximum Gasteiger partial charge on any atom is 0.212 e. The first-order chi connectivity index (χ1) is 9.72. The molecule has 0 fully saturated rings. The molecule has 1 aromatic heterocycles. The van der Waals surface area contributed by atoms with Gasteiger partial charge in [-0.05, 0) is 23.1 Å². The van der Waals surface area contributed by atoms with Crippen LogP contribution in [0.25, 0.3) is 0 Å². The van der Waals surface area contributed by atoms with Gasteiger partial charge in [0, 0.05) is 18.7 Å². The highest BCUT2D eigenvalue weighted by Crippen LogP contribution is 2.20. The third-order valence-electron chi connectivity index (χ3n) is 3.31. The number of aromatic nitrogens is 1. The van der Waals surface area contributed by atoms with Crippen LogP contribution in [-0.4, -0.2) is 17.2 Å². The molecule has 20 heavy (non-hydrogen) atoms. The Bertz CT molecular complexity index is 537. The van der Waals surface area contributed by atoms with Gasteiger partial charge in [0.15, 0.2) is 0 Å². The van der Waals surface area contributed by atoms with Crippen LogP contribution in [0.2, 0.25) is 0 Å². The number of pyridine rings is 1. The molecule has 0 saturated carbocycles. The van der Waals surface area contributed by atoms with Gasteiger partial charge in [-0.25, -0.2) is 4.98 Å². The number of rotatable bonds is 6. The van der Waals surface area contributed by atoms with E-state index in [1.165, 1.54) is 5.56 Å². The van der Waals surface area contributed by atoms with Crippen LogP contribution >= 0.6 is 0 Å². The minimum Gasteiger partial charge on any atom is -0.481 e. The normalized spacial score (nSPS) is 12.2. The van der Waals surface area contributed by atoms with Crippen LogP contribution in [0.15, 0.2) is 42.6 Å². The Morgan fingerprint density at radius 3 is 2.70 bits per heavy atom. The Morgan fingerprint density at radius 1 is 1.20 bits per heavy atom. The predicted octanol–water partition coefficient (Wildman–Crippen LogP) is 3.32. The zero-order valence-electron chi connectivity index (χ0n) is 12.0. The van der Waals surface area contributed by atoms with Gasteiger partial charge in [-0.15, -0.1) is 0 Å². The van der Waals surface area contributed by atoms with E-state index in [4.69, 9.17) is 4.74 Å². The predicted molar refractivity (Wildman–Crippen MR) is 79.9 cm³/mol. The van der Waals surface area contributed by atoms with Crippen LogP contribution in [0.1, 0.15) is 36.1 Å². The first-order valence-corrected chi connectivity index (χ1v) is 6.98. The van der Waals surface area contributed by atoms with Crippen molar-refractivity contribution in [1.82, 2.24) is 4.98 Å². The average molecular weight is 271 g/mol.